The molecule has 0 spiro atoms. The topological polar surface area (TPSA) is 78.4 Å². The van der Waals surface area contributed by atoms with Crippen LogP contribution in [0.3, 0.4) is 0 Å². The Hall–Kier alpha value is -1.10. The molecule has 5 nitrogen and oxygen atoms in total. The average molecular weight is 258 g/mol. The van der Waals surface area contributed by atoms with Crippen LogP contribution in [0.25, 0.3) is 0 Å². The standard InChI is InChI=1S/C13H26N2O3/c1-3-4-5-9-12(16)15-11(13(17)18)8-6-7-10-14-2/h11,14H,3-10H2,1-2H3,(H,15,16)(H,17,18). The van der Waals surface area contributed by atoms with Gasteiger partial charge in [-0.05, 0) is 39.3 Å². The molecule has 1 unspecified atom stereocenters. The van der Waals surface area contributed by atoms with Crippen LogP contribution < -0.4 is 10.6 Å². The minimum absolute atomic E-state index is 0.149. The zero-order valence-corrected chi connectivity index (χ0v) is 11.5. The highest BCUT2D eigenvalue weighted by Crippen LogP contribution is 2.03. The summed E-state index contributed by atoms with van der Waals surface area (Å²) in [5, 5.41) is 14.6. The number of carboxylic acid groups (broad SMARTS) is 1. The van der Waals surface area contributed by atoms with Crippen molar-refractivity contribution in [2.45, 2.75) is 57.9 Å². The highest BCUT2D eigenvalue weighted by Gasteiger charge is 2.18. The van der Waals surface area contributed by atoms with Gasteiger partial charge in [0, 0.05) is 6.42 Å². The number of hydrogen-bond donors (Lipinski definition) is 3. The van der Waals surface area contributed by atoms with E-state index in [1.54, 1.807) is 0 Å². The first-order valence-corrected chi connectivity index (χ1v) is 6.78. The van der Waals surface area contributed by atoms with Crippen LogP contribution in [0, 0.1) is 0 Å². The normalized spacial score (nSPS) is 12.1. The van der Waals surface area contributed by atoms with Crippen LogP contribution in [0.15, 0.2) is 0 Å². The Morgan fingerprint density at radius 1 is 1.17 bits per heavy atom. The average Bonchev–Trinajstić information content (AvgIpc) is 2.33. The van der Waals surface area contributed by atoms with Crippen molar-refractivity contribution in [2.24, 2.45) is 0 Å². The molecule has 0 aliphatic carbocycles. The first-order valence-electron chi connectivity index (χ1n) is 6.78. The van der Waals surface area contributed by atoms with E-state index in [0.29, 0.717) is 12.8 Å². The first kappa shape index (κ1) is 16.9. The second-order valence-corrected chi connectivity index (χ2v) is 4.51. The van der Waals surface area contributed by atoms with E-state index in [2.05, 4.69) is 17.6 Å². The minimum Gasteiger partial charge on any atom is -0.480 e. The summed E-state index contributed by atoms with van der Waals surface area (Å²) in [6.45, 7) is 2.94. The molecule has 0 radical (unpaired) electrons. The second kappa shape index (κ2) is 11.0. The molecule has 1 atom stereocenters. The maximum absolute atomic E-state index is 11.5. The van der Waals surface area contributed by atoms with Gasteiger partial charge in [0.15, 0.2) is 0 Å². The van der Waals surface area contributed by atoms with Crippen molar-refractivity contribution < 1.29 is 14.7 Å². The van der Waals surface area contributed by atoms with E-state index >= 15 is 0 Å². The van der Waals surface area contributed by atoms with E-state index < -0.39 is 12.0 Å². The maximum Gasteiger partial charge on any atom is 0.326 e. The molecule has 0 saturated heterocycles. The van der Waals surface area contributed by atoms with Crippen LogP contribution in [0.1, 0.15) is 51.9 Å². The largest absolute Gasteiger partial charge is 0.480 e. The van der Waals surface area contributed by atoms with Crippen molar-refractivity contribution in [3.05, 3.63) is 0 Å². The minimum atomic E-state index is -0.941. The van der Waals surface area contributed by atoms with Crippen LogP contribution in [0.2, 0.25) is 0 Å². The third kappa shape index (κ3) is 8.98. The van der Waals surface area contributed by atoms with E-state index in [9.17, 15) is 9.59 Å². The number of nitrogens with one attached hydrogen (secondary N) is 2. The van der Waals surface area contributed by atoms with Crippen molar-refractivity contribution in [2.75, 3.05) is 13.6 Å². The van der Waals surface area contributed by atoms with Gasteiger partial charge in [-0.3, -0.25) is 4.79 Å². The smallest absolute Gasteiger partial charge is 0.326 e. The molecule has 0 aliphatic rings. The molecule has 0 heterocycles. The molecule has 106 valence electrons. The van der Waals surface area contributed by atoms with Gasteiger partial charge in [-0.2, -0.15) is 0 Å². The van der Waals surface area contributed by atoms with Crippen molar-refractivity contribution in [1.82, 2.24) is 10.6 Å². The fourth-order valence-electron chi connectivity index (χ4n) is 1.71. The van der Waals surface area contributed by atoms with E-state index in [1.165, 1.54) is 0 Å². The van der Waals surface area contributed by atoms with Crippen molar-refractivity contribution >= 4 is 11.9 Å². The van der Waals surface area contributed by atoms with Gasteiger partial charge in [-0.15, -0.1) is 0 Å². The van der Waals surface area contributed by atoms with Crippen molar-refractivity contribution in [3.63, 3.8) is 0 Å². The Morgan fingerprint density at radius 2 is 1.89 bits per heavy atom. The maximum atomic E-state index is 11.5. The number of aliphatic carboxylic acids is 1. The highest BCUT2D eigenvalue weighted by molar-refractivity contribution is 5.83. The summed E-state index contributed by atoms with van der Waals surface area (Å²) in [6.07, 6.45) is 5.53. The second-order valence-electron chi connectivity index (χ2n) is 4.51. The van der Waals surface area contributed by atoms with Crippen LogP contribution in [0.4, 0.5) is 0 Å². The monoisotopic (exact) mass is 258 g/mol. The number of hydrogen-bond acceptors (Lipinski definition) is 3. The van der Waals surface area contributed by atoms with Gasteiger partial charge in [-0.25, -0.2) is 4.79 Å². The van der Waals surface area contributed by atoms with E-state index in [4.69, 9.17) is 5.11 Å². The molecule has 0 rings (SSSR count). The van der Waals surface area contributed by atoms with Crippen molar-refractivity contribution in [3.8, 4) is 0 Å². The first-order chi connectivity index (χ1) is 8.61. The Balaban J connectivity index is 3.88. The van der Waals surface area contributed by atoms with Crippen LogP contribution in [-0.2, 0) is 9.59 Å². The predicted molar refractivity (Wildman–Crippen MR) is 71.5 cm³/mol. The fraction of sp³-hybridized carbons (Fsp3) is 0.846. The molecule has 0 saturated carbocycles. The number of carboxylic acids is 1. The summed E-state index contributed by atoms with van der Waals surface area (Å²) in [7, 11) is 1.87. The van der Waals surface area contributed by atoms with Crippen LogP contribution >= 0.6 is 0 Å². The lowest BCUT2D eigenvalue weighted by molar-refractivity contribution is -0.142. The molecule has 0 aromatic heterocycles. The quantitative estimate of drug-likeness (QED) is 0.491. The molecule has 0 fully saturated rings. The number of carbonyl (C=O) groups is 2. The lowest BCUT2D eigenvalue weighted by atomic mass is 10.1. The SMILES string of the molecule is CCCCCC(=O)NC(CCCCNC)C(=O)O. The third-order valence-corrected chi connectivity index (χ3v) is 2.81. The molecule has 0 bridgehead atoms. The predicted octanol–water partition coefficient (Wildman–Crippen LogP) is 1.53. The number of carbonyl (C=O) groups excluding carboxylic acids is 1. The summed E-state index contributed by atoms with van der Waals surface area (Å²) in [6, 6.07) is -0.740. The number of unbranched alkanes of at least 4 members (excludes halogenated alkanes) is 3. The molecule has 0 aliphatic heterocycles. The highest BCUT2D eigenvalue weighted by atomic mass is 16.4. The van der Waals surface area contributed by atoms with Gasteiger partial charge in [-0.1, -0.05) is 19.8 Å². The van der Waals surface area contributed by atoms with E-state index in [-0.39, 0.29) is 5.91 Å². The van der Waals surface area contributed by atoms with Gasteiger partial charge >= 0.3 is 5.97 Å². The zero-order chi connectivity index (χ0) is 13.8. The molecule has 1 amide bonds. The Morgan fingerprint density at radius 3 is 2.44 bits per heavy atom. The van der Waals surface area contributed by atoms with Gasteiger partial charge in [0.05, 0.1) is 0 Å². The Kier molecular flexibility index (Phi) is 10.3. The van der Waals surface area contributed by atoms with Gasteiger partial charge in [0.25, 0.3) is 0 Å². The molecule has 18 heavy (non-hydrogen) atoms. The zero-order valence-electron chi connectivity index (χ0n) is 11.5. The molecule has 0 aromatic rings. The van der Waals surface area contributed by atoms with E-state index in [1.807, 2.05) is 7.05 Å². The van der Waals surface area contributed by atoms with Gasteiger partial charge in [0.1, 0.15) is 6.04 Å². The molecular weight excluding hydrogens is 232 g/mol. The van der Waals surface area contributed by atoms with E-state index in [0.717, 1.165) is 38.6 Å². The summed E-state index contributed by atoms with van der Waals surface area (Å²) in [5.41, 5.74) is 0. The molecule has 3 N–H and O–H groups in total. The third-order valence-electron chi connectivity index (χ3n) is 2.81. The Labute approximate surface area is 109 Å². The lowest BCUT2D eigenvalue weighted by Gasteiger charge is -2.14. The summed E-state index contributed by atoms with van der Waals surface area (Å²) in [4.78, 5) is 22.5. The molecule has 0 aromatic carbocycles. The van der Waals surface area contributed by atoms with Gasteiger partial charge < -0.3 is 15.7 Å². The van der Waals surface area contributed by atoms with Crippen molar-refractivity contribution in [1.29, 1.82) is 0 Å². The molecular formula is C13H26N2O3. The lowest BCUT2D eigenvalue weighted by Crippen LogP contribution is -2.40. The number of amides is 1. The summed E-state index contributed by atoms with van der Waals surface area (Å²) in [5.74, 6) is -1.09. The Bertz CT molecular complexity index is 244. The van der Waals surface area contributed by atoms with Crippen LogP contribution in [0.5, 0.6) is 0 Å². The van der Waals surface area contributed by atoms with Gasteiger partial charge in [0.2, 0.25) is 5.91 Å². The fourth-order valence-corrected chi connectivity index (χ4v) is 1.71. The van der Waals surface area contributed by atoms with Crippen LogP contribution in [-0.4, -0.2) is 36.6 Å². The summed E-state index contributed by atoms with van der Waals surface area (Å²) < 4.78 is 0. The molecule has 5 heteroatoms. The number of rotatable bonds is 11. The summed E-state index contributed by atoms with van der Waals surface area (Å²) >= 11 is 0.